The first-order valence-electron chi connectivity index (χ1n) is 9.34. The van der Waals surface area contributed by atoms with E-state index in [1.807, 2.05) is 41.3 Å². The van der Waals surface area contributed by atoms with Crippen molar-refractivity contribution in [3.8, 4) is 17.2 Å². The molecule has 1 amide bonds. The maximum atomic E-state index is 13.4. The molecule has 0 radical (unpaired) electrons. The molecule has 3 aromatic rings. The van der Waals surface area contributed by atoms with Gasteiger partial charge in [0.1, 0.15) is 17.2 Å². The number of amides is 1. The summed E-state index contributed by atoms with van der Waals surface area (Å²) in [6.45, 7) is 0.718. The van der Waals surface area contributed by atoms with Gasteiger partial charge in [0.25, 0.3) is 5.91 Å². The van der Waals surface area contributed by atoms with Crippen molar-refractivity contribution in [1.29, 1.82) is 0 Å². The van der Waals surface area contributed by atoms with Crippen molar-refractivity contribution in [2.75, 3.05) is 27.9 Å². The highest BCUT2D eigenvalue weighted by molar-refractivity contribution is 6.07. The zero-order valence-corrected chi connectivity index (χ0v) is 16.3. The molecule has 2 heterocycles. The van der Waals surface area contributed by atoms with Crippen LogP contribution in [0.15, 0.2) is 42.6 Å². The van der Waals surface area contributed by atoms with Crippen LogP contribution in [0, 0.1) is 0 Å². The van der Waals surface area contributed by atoms with E-state index < -0.39 is 0 Å². The Balaban J connectivity index is 1.70. The van der Waals surface area contributed by atoms with E-state index >= 15 is 0 Å². The van der Waals surface area contributed by atoms with E-state index in [4.69, 9.17) is 14.2 Å². The van der Waals surface area contributed by atoms with Crippen LogP contribution in [0.5, 0.6) is 17.2 Å². The Morgan fingerprint density at radius 2 is 1.79 bits per heavy atom. The van der Waals surface area contributed by atoms with Gasteiger partial charge in [0.15, 0.2) is 0 Å². The minimum absolute atomic E-state index is 0.0138. The average Bonchev–Trinajstić information content (AvgIpc) is 3.39. The quantitative estimate of drug-likeness (QED) is 0.722. The van der Waals surface area contributed by atoms with Gasteiger partial charge in [-0.05, 0) is 43.2 Å². The Kier molecular flexibility index (Phi) is 4.86. The molecule has 1 aliphatic rings. The standard InChI is InChI=1S/C22H24N2O4/c1-26-14-7-9-19-17(11-14)18(13-23-19)22(25)24-10-4-5-20(24)16-8-6-15(27-2)12-21(16)28-3/h6-9,11-13,20,23H,4-5,10H2,1-3H3. The number of likely N-dealkylation sites (tertiary alicyclic amines) is 1. The predicted octanol–water partition coefficient (Wildman–Crippen LogP) is 4.17. The van der Waals surface area contributed by atoms with Crippen molar-refractivity contribution < 1.29 is 19.0 Å². The summed E-state index contributed by atoms with van der Waals surface area (Å²) in [5, 5.41) is 0.872. The topological polar surface area (TPSA) is 63.8 Å². The van der Waals surface area contributed by atoms with E-state index in [9.17, 15) is 4.79 Å². The van der Waals surface area contributed by atoms with Gasteiger partial charge in [0.05, 0.1) is 32.9 Å². The number of hydrogen-bond donors (Lipinski definition) is 1. The fourth-order valence-corrected chi connectivity index (χ4v) is 3.99. The third kappa shape index (κ3) is 3.05. The van der Waals surface area contributed by atoms with Gasteiger partial charge in [0.2, 0.25) is 0 Å². The highest BCUT2D eigenvalue weighted by Gasteiger charge is 2.33. The third-order valence-electron chi connectivity index (χ3n) is 5.43. The number of methoxy groups -OCH3 is 3. The number of fused-ring (bicyclic) bond motifs is 1. The molecule has 1 unspecified atom stereocenters. The number of nitrogens with zero attached hydrogens (tertiary/aromatic N) is 1. The van der Waals surface area contributed by atoms with Crippen LogP contribution in [-0.2, 0) is 0 Å². The van der Waals surface area contributed by atoms with Crippen molar-refractivity contribution in [2.45, 2.75) is 18.9 Å². The molecule has 1 fully saturated rings. The Hall–Kier alpha value is -3.15. The molecule has 1 N–H and O–H groups in total. The first-order chi connectivity index (χ1) is 13.7. The molecule has 1 aromatic heterocycles. The SMILES string of the molecule is COc1ccc(C2CCCN2C(=O)c2c[nH]c3ccc(OC)cc23)c(OC)c1. The van der Waals surface area contributed by atoms with Crippen LogP contribution in [-0.4, -0.2) is 43.7 Å². The van der Waals surface area contributed by atoms with Crippen LogP contribution in [0.25, 0.3) is 10.9 Å². The Morgan fingerprint density at radius 1 is 1.04 bits per heavy atom. The van der Waals surface area contributed by atoms with Gasteiger partial charge in [-0.3, -0.25) is 4.79 Å². The minimum atomic E-state index is -0.0242. The second-order valence-electron chi connectivity index (χ2n) is 6.88. The van der Waals surface area contributed by atoms with Gasteiger partial charge in [-0.25, -0.2) is 0 Å². The maximum Gasteiger partial charge on any atom is 0.256 e. The average molecular weight is 380 g/mol. The molecule has 0 saturated carbocycles. The Bertz CT molecular complexity index is 1010. The van der Waals surface area contributed by atoms with E-state index in [1.165, 1.54) is 0 Å². The van der Waals surface area contributed by atoms with E-state index in [-0.39, 0.29) is 11.9 Å². The van der Waals surface area contributed by atoms with Crippen molar-refractivity contribution in [1.82, 2.24) is 9.88 Å². The second kappa shape index (κ2) is 7.46. The number of carbonyl (C=O) groups is 1. The Labute approximate surface area is 164 Å². The minimum Gasteiger partial charge on any atom is -0.497 e. The first-order valence-corrected chi connectivity index (χ1v) is 9.34. The smallest absolute Gasteiger partial charge is 0.256 e. The lowest BCUT2D eigenvalue weighted by Crippen LogP contribution is -2.30. The molecule has 2 aromatic carbocycles. The van der Waals surface area contributed by atoms with Crippen molar-refractivity contribution in [2.24, 2.45) is 0 Å². The molecule has 6 heteroatoms. The number of carbonyl (C=O) groups excluding carboxylic acids is 1. The monoisotopic (exact) mass is 380 g/mol. The zero-order valence-electron chi connectivity index (χ0n) is 16.3. The molecule has 6 nitrogen and oxygen atoms in total. The molecule has 1 atom stereocenters. The van der Waals surface area contributed by atoms with E-state index in [0.29, 0.717) is 5.56 Å². The summed E-state index contributed by atoms with van der Waals surface area (Å²) in [6.07, 6.45) is 3.64. The van der Waals surface area contributed by atoms with Gasteiger partial charge in [-0.1, -0.05) is 0 Å². The number of aromatic nitrogens is 1. The number of ether oxygens (including phenoxy) is 3. The summed E-state index contributed by atoms with van der Waals surface area (Å²) in [5.74, 6) is 2.22. The molecule has 1 aliphatic heterocycles. The van der Waals surface area contributed by atoms with E-state index in [0.717, 1.165) is 53.1 Å². The van der Waals surface area contributed by atoms with Gasteiger partial charge in [0, 0.05) is 35.3 Å². The molecule has 28 heavy (non-hydrogen) atoms. The molecular weight excluding hydrogens is 356 g/mol. The van der Waals surface area contributed by atoms with Crippen molar-refractivity contribution >= 4 is 16.8 Å². The summed E-state index contributed by atoms with van der Waals surface area (Å²) in [5.41, 5.74) is 2.58. The largest absolute Gasteiger partial charge is 0.497 e. The summed E-state index contributed by atoms with van der Waals surface area (Å²) in [7, 11) is 4.90. The van der Waals surface area contributed by atoms with Gasteiger partial charge >= 0.3 is 0 Å². The lowest BCUT2D eigenvalue weighted by Gasteiger charge is -2.26. The zero-order chi connectivity index (χ0) is 19.7. The Morgan fingerprint density at radius 3 is 2.54 bits per heavy atom. The first kappa shape index (κ1) is 18.2. The number of aromatic amines is 1. The van der Waals surface area contributed by atoms with Gasteiger partial charge in [-0.15, -0.1) is 0 Å². The van der Waals surface area contributed by atoms with Gasteiger partial charge < -0.3 is 24.1 Å². The summed E-state index contributed by atoms with van der Waals surface area (Å²) in [6, 6.07) is 11.5. The highest BCUT2D eigenvalue weighted by atomic mass is 16.5. The van der Waals surface area contributed by atoms with Crippen molar-refractivity contribution in [3.63, 3.8) is 0 Å². The summed E-state index contributed by atoms with van der Waals surface area (Å²) < 4.78 is 16.2. The lowest BCUT2D eigenvalue weighted by atomic mass is 10.0. The van der Waals surface area contributed by atoms with Crippen LogP contribution in [0.2, 0.25) is 0 Å². The lowest BCUT2D eigenvalue weighted by molar-refractivity contribution is 0.0736. The number of hydrogen-bond acceptors (Lipinski definition) is 4. The molecule has 0 spiro atoms. The van der Waals surface area contributed by atoms with Crippen LogP contribution in [0.1, 0.15) is 34.8 Å². The van der Waals surface area contributed by atoms with Gasteiger partial charge in [-0.2, -0.15) is 0 Å². The van der Waals surface area contributed by atoms with Crippen molar-refractivity contribution in [3.05, 3.63) is 53.7 Å². The molecule has 1 saturated heterocycles. The molecule has 0 aliphatic carbocycles. The predicted molar refractivity (Wildman–Crippen MR) is 107 cm³/mol. The van der Waals surface area contributed by atoms with E-state index in [2.05, 4.69) is 4.98 Å². The molecular formula is C22H24N2O4. The third-order valence-corrected chi connectivity index (χ3v) is 5.43. The maximum absolute atomic E-state index is 13.4. The van der Waals surface area contributed by atoms with E-state index in [1.54, 1.807) is 27.5 Å². The normalized spacial score (nSPS) is 16.4. The molecule has 146 valence electrons. The van der Waals surface area contributed by atoms with Crippen LogP contribution < -0.4 is 14.2 Å². The number of H-pyrrole nitrogens is 1. The molecule has 4 rings (SSSR count). The van der Waals surface area contributed by atoms with Crippen LogP contribution in [0.4, 0.5) is 0 Å². The second-order valence-corrected chi connectivity index (χ2v) is 6.88. The number of nitrogens with one attached hydrogen (secondary N) is 1. The summed E-state index contributed by atoms with van der Waals surface area (Å²) >= 11 is 0. The number of benzene rings is 2. The fourth-order valence-electron chi connectivity index (χ4n) is 3.99. The number of rotatable bonds is 5. The summed E-state index contributed by atoms with van der Waals surface area (Å²) in [4.78, 5) is 18.6. The highest BCUT2D eigenvalue weighted by Crippen LogP contribution is 2.40. The molecule has 0 bridgehead atoms. The van der Waals surface area contributed by atoms with Crippen LogP contribution in [0.3, 0.4) is 0 Å². The fraction of sp³-hybridized carbons (Fsp3) is 0.318. The van der Waals surface area contributed by atoms with Crippen LogP contribution >= 0.6 is 0 Å².